The molecule has 2 atom stereocenters. The molecule has 0 heterocycles. The van der Waals surface area contributed by atoms with Gasteiger partial charge in [-0.2, -0.15) is 0 Å². The SMILES string of the molecule is CC1(O)CC2C=CC(C1)c1ccccc12. The largest absolute Gasteiger partial charge is 0.390 e. The Balaban J connectivity index is 2.14. The first-order valence-electron chi connectivity index (χ1n) is 5.65. The quantitative estimate of drug-likeness (QED) is 0.638. The number of aliphatic hydroxyl groups is 1. The summed E-state index contributed by atoms with van der Waals surface area (Å²) in [6.07, 6.45) is 6.26. The zero-order chi connectivity index (χ0) is 10.5. The Hall–Kier alpha value is -1.08. The topological polar surface area (TPSA) is 20.2 Å². The van der Waals surface area contributed by atoms with Crippen LogP contribution in [0.4, 0.5) is 0 Å². The second kappa shape index (κ2) is 2.96. The van der Waals surface area contributed by atoms with Crippen LogP contribution in [0.3, 0.4) is 0 Å². The molecule has 3 aliphatic carbocycles. The molecule has 0 aromatic heterocycles. The molecule has 78 valence electrons. The van der Waals surface area contributed by atoms with Crippen molar-refractivity contribution in [2.24, 2.45) is 0 Å². The fourth-order valence-corrected chi connectivity index (χ4v) is 3.05. The van der Waals surface area contributed by atoms with Gasteiger partial charge in [0.25, 0.3) is 0 Å². The standard InChI is InChI=1S/C14H16O/c1-14(15)8-10-6-7-11(9-14)13-5-3-2-4-12(10)13/h2-7,10-11,15H,8-9H2,1H3. The van der Waals surface area contributed by atoms with E-state index in [9.17, 15) is 5.11 Å². The predicted molar refractivity (Wildman–Crippen MR) is 60.9 cm³/mol. The van der Waals surface area contributed by atoms with E-state index in [1.165, 1.54) is 11.1 Å². The van der Waals surface area contributed by atoms with E-state index in [4.69, 9.17) is 0 Å². The van der Waals surface area contributed by atoms with Crippen molar-refractivity contribution < 1.29 is 5.11 Å². The summed E-state index contributed by atoms with van der Waals surface area (Å²) in [5, 5.41) is 10.3. The lowest BCUT2D eigenvalue weighted by atomic mass is 9.84. The van der Waals surface area contributed by atoms with Crippen molar-refractivity contribution in [2.75, 3.05) is 0 Å². The summed E-state index contributed by atoms with van der Waals surface area (Å²) in [6.45, 7) is 1.96. The third-order valence-corrected chi connectivity index (χ3v) is 3.69. The average molecular weight is 200 g/mol. The lowest BCUT2D eigenvalue weighted by molar-refractivity contribution is 0.0406. The Kier molecular flexibility index (Phi) is 1.81. The third kappa shape index (κ3) is 1.42. The molecule has 1 nitrogen and oxygen atoms in total. The summed E-state index contributed by atoms with van der Waals surface area (Å²) in [5.41, 5.74) is 2.32. The first-order chi connectivity index (χ1) is 7.16. The van der Waals surface area contributed by atoms with Crippen LogP contribution in [0.15, 0.2) is 36.4 Å². The van der Waals surface area contributed by atoms with Crippen molar-refractivity contribution in [3.8, 4) is 0 Å². The number of hydrogen-bond acceptors (Lipinski definition) is 1. The second-order valence-electron chi connectivity index (χ2n) is 5.13. The van der Waals surface area contributed by atoms with Crippen molar-refractivity contribution in [1.82, 2.24) is 0 Å². The molecule has 1 N–H and O–H groups in total. The molecule has 1 aromatic carbocycles. The van der Waals surface area contributed by atoms with Crippen LogP contribution in [-0.2, 0) is 0 Å². The van der Waals surface area contributed by atoms with Crippen molar-refractivity contribution in [1.29, 1.82) is 0 Å². The van der Waals surface area contributed by atoms with Gasteiger partial charge in [-0.1, -0.05) is 36.4 Å². The van der Waals surface area contributed by atoms with Gasteiger partial charge in [-0.15, -0.1) is 0 Å². The fourth-order valence-electron chi connectivity index (χ4n) is 3.05. The molecule has 4 rings (SSSR count). The Morgan fingerprint density at radius 1 is 1.07 bits per heavy atom. The van der Waals surface area contributed by atoms with Crippen LogP contribution >= 0.6 is 0 Å². The van der Waals surface area contributed by atoms with Crippen LogP contribution in [0.1, 0.15) is 42.7 Å². The summed E-state index contributed by atoms with van der Waals surface area (Å²) < 4.78 is 0. The maximum absolute atomic E-state index is 10.3. The van der Waals surface area contributed by atoms with Crippen molar-refractivity contribution in [3.63, 3.8) is 0 Å². The lowest BCUT2D eigenvalue weighted by Crippen LogP contribution is -2.24. The second-order valence-corrected chi connectivity index (χ2v) is 5.13. The van der Waals surface area contributed by atoms with Crippen LogP contribution in [0.25, 0.3) is 0 Å². The molecule has 0 saturated heterocycles. The molecule has 0 saturated carbocycles. The molecule has 15 heavy (non-hydrogen) atoms. The molecule has 0 radical (unpaired) electrons. The van der Waals surface area contributed by atoms with Gasteiger partial charge in [0, 0.05) is 11.8 Å². The highest BCUT2D eigenvalue weighted by Gasteiger charge is 2.36. The Bertz CT molecular complexity index is 380. The molecule has 0 spiro atoms. The maximum Gasteiger partial charge on any atom is 0.0637 e. The molecular weight excluding hydrogens is 184 g/mol. The van der Waals surface area contributed by atoms with E-state index >= 15 is 0 Å². The van der Waals surface area contributed by atoms with Crippen molar-refractivity contribution >= 4 is 0 Å². The smallest absolute Gasteiger partial charge is 0.0637 e. The molecular formula is C14H16O. The minimum absolute atomic E-state index is 0.412. The summed E-state index contributed by atoms with van der Waals surface area (Å²) in [4.78, 5) is 0. The van der Waals surface area contributed by atoms with E-state index in [-0.39, 0.29) is 0 Å². The molecule has 0 amide bonds. The van der Waals surface area contributed by atoms with Gasteiger partial charge in [-0.05, 0) is 30.9 Å². The molecule has 3 aliphatic rings. The number of rotatable bonds is 0. The van der Waals surface area contributed by atoms with E-state index < -0.39 is 5.60 Å². The maximum atomic E-state index is 10.3. The van der Waals surface area contributed by atoms with Crippen molar-refractivity contribution in [3.05, 3.63) is 47.5 Å². The van der Waals surface area contributed by atoms with E-state index in [2.05, 4.69) is 36.4 Å². The number of hydrogen-bond donors (Lipinski definition) is 1. The lowest BCUT2D eigenvalue weighted by Gasteiger charge is -2.23. The van der Waals surface area contributed by atoms with Crippen LogP contribution in [-0.4, -0.2) is 10.7 Å². The molecule has 0 aliphatic heterocycles. The minimum atomic E-state index is -0.516. The molecule has 2 bridgehead atoms. The summed E-state index contributed by atoms with van der Waals surface area (Å²) in [5.74, 6) is 0.824. The van der Waals surface area contributed by atoms with Gasteiger partial charge < -0.3 is 5.11 Å². The van der Waals surface area contributed by atoms with Gasteiger partial charge >= 0.3 is 0 Å². The Labute approximate surface area is 90.4 Å². The van der Waals surface area contributed by atoms with E-state index in [0.717, 1.165) is 12.8 Å². The minimum Gasteiger partial charge on any atom is -0.390 e. The summed E-state index contributed by atoms with van der Waals surface area (Å²) >= 11 is 0. The van der Waals surface area contributed by atoms with Crippen LogP contribution in [0.5, 0.6) is 0 Å². The highest BCUT2D eigenvalue weighted by Crippen LogP contribution is 2.46. The highest BCUT2D eigenvalue weighted by atomic mass is 16.3. The predicted octanol–water partition coefficient (Wildman–Crippen LogP) is 2.97. The number of fused-ring (bicyclic) bond motifs is 2. The normalized spacial score (nSPS) is 37.5. The van der Waals surface area contributed by atoms with Gasteiger partial charge in [0.2, 0.25) is 0 Å². The molecule has 0 fully saturated rings. The van der Waals surface area contributed by atoms with Gasteiger partial charge in [0.1, 0.15) is 0 Å². The molecule has 1 heteroatoms. The summed E-state index contributed by atoms with van der Waals surface area (Å²) in [7, 11) is 0. The van der Waals surface area contributed by atoms with E-state index in [1.54, 1.807) is 0 Å². The molecule has 1 aromatic rings. The Morgan fingerprint density at radius 3 is 2.00 bits per heavy atom. The van der Waals surface area contributed by atoms with Crippen molar-refractivity contribution in [2.45, 2.75) is 37.2 Å². The van der Waals surface area contributed by atoms with Crippen LogP contribution in [0.2, 0.25) is 0 Å². The monoisotopic (exact) mass is 200 g/mol. The van der Waals surface area contributed by atoms with Gasteiger partial charge in [-0.25, -0.2) is 0 Å². The van der Waals surface area contributed by atoms with Crippen LogP contribution < -0.4 is 0 Å². The highest BCUT2D eigenvalue weighted by molar-refractivity contribution is 5.43. The number of benzene rings is 1. The molecule has 2 unspecified atom stereocenters. The first kappa shape index (κ1) is 9.17. The number of allylic oxidation sites excluding steroid dienone is 2. The average Bonchev–Trinajstić information content (AvgIpc) is 2.42. The van der Waals surface area contributed by atoms with Crippen LogP contribution in [0, 0.1) is 0 Å². The zero-order valence-corrected chi connectivity index (χ0v) is 8.98. The fraction of sp³-hybridized carbons (Fsp3) is 0.429. The van der Waals surface area contributed by atoms with E-state index in [0.29, 0.717) is 11.8 Å². The van der Waals surface area contributed by atoms with Gasteiger partial charge in [0.05, 0.1) is 5.60 Å². The van der Waals surface area contributed by atoms with Gasteiger partial charge in [-0.3, -0.25) is 0 Å². The summed E-state index contributed by atoms with van der Waals surface area (Å²) in [6, 6.07) is 8.61. The van der Waals surface area contributed by atoms with E-state index in [1.807, 2.05) is 6.92 Å². The van der Waals surface area contributed by atoms with Gasteiger partial charge in [0.15, 0.2) is 0 Å². The Morgan fingerprint density at radius 2 is 1.53 bits per heavy atom. The third-order valence-electron chi connectivity index (χ3n) is 3.69. The first-order valence-corrected chi connectivity index (χ1v) is 5.65. The zero-order valence-electron chi connectivity index (χ0n) is 8.98.